The number of hydrogen-bond donors (Lipinski definition) is 0. The fourth-order valence-corrected chi connectivity index (χ4v) is 2.64. The summed E-state index contributed by atoms with van der Waals surface area (Å²) in [5, 5.41) is 0. The van der Waals surface area contributed by atoms with Gasteiger partial charge in [0.25, 0.3) is 9.05 Å². The molecule has 3 nitrogen and oxygen atoms in total. The smallest absolute Gasteiger partial charge is 0.261 e. The van der Waals surface area contributed by atoms with Crippen molar-refractivity contribution in [2.75, 3.05) is 7.11 Å². The molecule has 2 rings (SSSR count). The Bertz CT molecular complexity index is 708. The molecule has 0 aliphatic carbocycles. The van der Waals surface area contributed by atoms with Crippen molar-refractivity contribution >= 4 is 19.7 Å². The second-order valence-corrected chi connectivity index (χ2v) is 6.74. The molecule has 0 saturated carbocycles. The van der Waals surface area contributed by atoms with Crippen molar-refractivity contribution < 1.29 is 13.2 Å². The van der Waals surface area contributed by atoms with Gasteiger partial charge in [-0.2, -0.15) is 0 Å². The van der Waals surface area contributed by atoms with Crippen LogP contribution in [0.5, 0.6) is 5.75 Å². The third-order valence-corrected chi connectivity index (χ3v) is 4.14. The molecule has 19 heavy (non-hydrogen) atoms. The quantitative estimate of drug-likeness (QED) is 0.813. The van der Waals surface area contributed by atoms with Gasteiger partial charge in [0, 0.05) is 22.3 Å². The van der Waals surface area contributed by atoms with Gasteiger partial charge in [-0.3, -0.25) is 0 Å². The standard InChI is InChI=1S/C14H13ClO3S/c1-10-4-3-5-11(8-10)13-7-6-12(19(15,16)17)9-14(13)18-2/h3-9H,1-2H3. The van der Waals surface area contributed by atoms with Crippen LogP contribution in [0.25, 0.3) is 11.1 Å². The van der Waals surface area contributed by atoms with Crippen LogP contribution in [0.1, 0.15) is 5.56 Å². The minimum atomic E-state index is -3.75. The predicted octanol–water partition coefficient (Wildman–Crippen LogP) is 3.60. The number of hydrogen-bond acceptors (Lipinski definition) is 3. The highest BCUT2D eigenvalue weighted by Crippen LogP contribution is 2.33. The van der Waals surface area contributed by atoms with E-state index in [0.717, 1.165) is 16.7 Å². The van der Waals surface area contributed by atoms with E-state index in [1.165, 1.54) is 19.2 Å². The van der Waals surface area contributed by atoms with Gasteiger partial charge in [-0.1, -0.05) is 29.8 Å². The van der Waals surface area contributed by atoms with E-state index in [-0.39, 0.29) is 4.90 Å². The minimum absolute atomic E-state index is 0.0300. The van der Waals surface area contributed by atoms with Crippen LogP contribution in [0.4, 0.5) is 0 Å². The van der Waals surface area contributed by atoms with Crippen molar-refractivity contribution in [2.45, 2.75) is 11.8 Å². The summed E-state index contributed by atoms with van der Waals surface area (Å²) in [5.74, 6) is 0.479. The van der Waals surface area contributed by atoms with Crippen LogP contribution in [-0.2, 0) is 9.05 Å². The Balaban J connectivity index is 2.59. The molecule has 0 aliphatic rings. The normalized spacial score (nSPS) is 11.3. The maximum Gasteiger partial charge on any atom is 0.261 e. The second kappa shape index (κ2) is 5.23. The Morgan fingerprint density at radius 2 is 1.84 bits per heavy atom. The first-order chi connectivity index (χ1) is 8.91. The molecule has 0 saturated heterocycles. The summed E-state index contributed by atoms with van der Waals surface area (Å²) in [6.45, 7) is 1.99. The van der Waals surface area contributed by atoms with E-state index in [9.17, 15) is 8.42 Å². The Labute approximate surface area is 117 Å². The highest BCUT2D eigenvalue weighted by Gasteiger charge is 2.14. The van der Waals surface area contributed by atoms with Crippen LogP contribution in [0.3, 0.4) is 0 Å². The van der Waals surface area contributed by atoms with E-state index >= 15 is 0 Å². The molecule has 0 unspecified atom stereocenters. The number of aryl methyl sites for hydroxylation is 1. The lowest BCUT2D eigenvalue weighted by Gasteiger charge is -2.10. The summed E-state index contributed by atoms with van der Waals surface area (Å²) in [7, 11) is 3.08. The second-order valence-electron chi connectivity index (χ2n) is 4.17. The molecule has 0 fully saturated rings. The van der Waals surface area contributed by atoms with E-state index in [4.69, 9.17) is 15.4 Å². The molecule has 2 aromatic rings. The molecule has 100 valence electrons. The van der Waals surface area contributed by atoms with E-state index in [0.29, 0.717) is 5.75 Å². The number of methoxy groups -OCH3 is 1. The Kier molecular flexibility index (Phi) is 3.83. The zero-order valence-corrected chi connectivity index (χ0v) is 12.1. The first-order valence-corrected chi connectivity index (χ1v) is 7.92. The van der Waals surface area contributed by atoms with Crippen molar-refractivity contribution in [3.8, 4) is 16.9 Å². The average molecular weight is 297 g/mol. The highest BCUT2D eigenvalue weighted by atomic mass is 35.7. The minimum Gasteiger partial charge on any atom is -0.496 e. The number of halogens is 1. The predicted molar refractivity (Wildman–Crippen MR) is 76.2 cm³/mol. The Morgan fingerprint density at radius 3 is 2.42 bits per heavy atom. The number of rotatable bonds is 3. The molecular weight excluding hydrogens is 284 g/mol. The third kappa shape index (κ3) is 3.08. The van der Waals surface area contributed by atoms with Gasteiger partial charge in [-0.15, -0.1) is 0 Å². The SMILES string of the molecule is COc1cc(S(=O)(=O)Cl)ccc1-c1cccc(C)c1. The van der Waals surface area contributed by atoms with Gasteiger partial charge in [-0.25, -0.2) is 8.42 Å². The van der Waals surface area contributed by atoms with Gasteiger partial charge in [0.15, 0.2) is 0 Å². The van der Waals surface area contributed by atoms with Crippen molar-refractivity contribution in [3.63, 3.8) is 0 Å². The van der Waals surface area contributed by atoms with Crippen molar-refractivity contribution in [1.82, 2.24) is 0 Å². The molecule has 0 spiro atoms. The average Bonchev–Trinajstić information content (AvgIpc) is 2.37. The summed E-state index contributed by atoms with van der Waals surface area (Å²) < 4.78 is 27.9. The molecule has 5 heteroatoms. The van der Waals surface area contributed by atoms with Crippen molar-refractivity contribution in [3.05, 3.63) is 48.0 Å². The summed E-state index contributed by atoms with van der Waals surface area (Å²) in [5.41, 5.74) is 2.92. The van der Waals surface area contributed by atoms with Crippen LogP contribution < -0.4 is 4.74 Å². The molecule has 0 atom stereocenters. The third-order valence-electron chi connectivity index (χ3n) is 2.78. The first kappa shape index (κ1) is 13.9. The maximum absolute atomic E-state index is 11.3. The molecule has 2 aromatic carbocycles. The van der Waals surface area contributed by atoms with Gasteiger partial charge in [0.2, 0.25) is 0 Å². The molecule has 0 heterocycles. The zero-order chi connectivity index (χ0) is 14.0. The van der Waals surface area contributed by atoms with Gasteiger partial charge in [0.1, 0.15) is 5.75 Å². The molecule has 0 N–H and O–H groups in total. The van der Waals surface area contributed by atoms with E-state index in [2.05, 4.69) is 0 Å². The van der Waals surface area contributed by atoms with E-state index < -0.39 is 9.05 Å². The fraction of sp³-hybridized carbons (Fsp3) is 0.143. The summed E-state index contributed by atoms with van der Waals surface area (Å²) in [6, 6.07) is 12.5. The van der Waals surface area contributed by atoms with E-state index in [1.807, 2.05) is 31.2 Å². The van der Waals surface area contributed by atoms with Gasteiger partial charge in [-0.05, 0) is 24.6 Å². The van der Waals surface area contributed by atoms with Gasteiger partial charge >= 0.3 is 0 Å². The molecule has 0 bridgehead atoms. The number of benzene rings is 2. The monoisotopic (exact) mass is 296 g/mol. The number of ether oxygens (including phenoxy) is 1. The van der Waals surface area contributed by atoms with Crippen LogP contribution in [0, 0.1) is 6.92 Å². The molecule has 0 aromatic heterocycles. The molecule has 0 radical (unpaired) electrons. The summed E-state index contributed by atoms with van der Waals surface area (Å²) >= 11 is 0. The van der Waals surface area contributed by atoms with Gasteiger partial charge < -0.3 is 4.74 Å². The zero-order valence-electron chi connectivity index (χ0n) is 10.6. The van der Waals surface area contributed by atoms with Crippen molar-refractivity contribution in [1.29, 1.82) is 0 Å². The molecule has 0 aliphatic heterocycles. The van der Waals surface area contributed by atoms with E-state index in [1.54, 1.807) is 6.07 Å². The lowest BCUT2D eigenvalue weighted by atomic mass is 10.0. The van der Waals surface area contributed by atoms with Gasteiger partial charge in [0.05, 0.1) is 12.0 Å². The van der Waals surface area contributed by atoms with Crippen LogP contribution in [-0.4, -0.2) is 15.5 Å². The maximum atomic E-state index is 11.3. The molecule has 0 amide bonds. The highest BCUT2D eigenvalue weighted by molar-refractivity contribution is 8.13. The Morgan fingerprint density at radius 1 is 1.11 bits per heavy atom. The summed E-state index contributed by atoms with van der Waals surface area (Å²) in [4.78, 5) is 0.0300. The Hall–Kier alpha value is -1.52. The molecular formula is C14H13ClO3S. The largest absolute Gasteiger partial charge is 0.496 e. The lowest BCUT2D eigenvalue weighted by molar-refractivity contribution is 0.415. The fourth-order valence-electron chi connectivity index (χ4n) is 1.87. The van der Waals surface area contributed by atoms with Crippen LogP contribution in [0.2, 0.25) is 0 Å². The van der Waals surface area contributed by atoms with Crippen LogP contribution >= 0.6 is 10.7 Å². The first-order valence-electron chi connectivity index (χ1n) is 5.61. The summed E-state index contributed by atoms with van der Waals surface area (Å²) in [6.07, 6.45) is 0. The van der Waals surface area contributed by atoms with Crippen molar-refractivity contribution in [2.24, 2.45) is 0 Å². The lowest BCUT2D eigenvalue weighted by Crippen LogP contribution is -1.94. The topological polar surface area (TPSA) is 43.4 Å². The van der Waals surface area contributed by atoms with Crippen LogP contribution in [0.15, 0.2) is 47.4 Å².